The molecule has 4 nitrogen and oxygen atoms in total. The van der Waals surface area contributed by atoms with Crippen molar-refractivity contribution >= 4 is 11.3 Å². The average Bonchev–Trinajstić information content (AvgIpc) is 3.18. The SMILES string of the molecule is Cc1ncsc1CCOCC(O)CNC1CC2CCC1C2. The zero-order chi connectivity index (χ0) is 14.7. The number of rotatable bonds is 8. The van der Waals surface area contributed by atoms with E-state index in [1.54, 1.807) is 11.3 Å². The molecule has 118 valence electrons. The first-order chi connectivity index (χ1) is 10.2. The molecule has 0 aliphatic heterocycles. The van der Waals surface area contributed by atoms with Gasteiger partial charge in [0.2, 0.25) is 0 Å². The van der Waals surface area contributed by atoms with Crippen molar-refractivity contribution in [1.29, 1.82) is 0 Å². The van der Waals surface area contributed by atoms with E-state index in [1.807, 2.05) is 12.4 Å². The number of ether oxygens (including phenoxy) is 1. The van der Waals surface area contributed by atoms with Crippen LogP contribution < -0.4 is 5.32 Å². The molecule has 0 radical (unpaired) electrons. The van der Waals surface area contributed by atoms with Crippen molar-refractivity contribution < 1.29 is 9.84 Å². The number of aliphatic hydroxyl groups excluding tert-OH is 1. The molecule has 0 aromatic carbocycles. The fraction of sp³-hybridized carbons (Fsp3) is 0.812. The number of hydrogen-bond acceptors (Lipinski definition) is 5. The van der Waals surface area contributed by atoms with E-state index < -0.39 is 6.10 Å². The van der Waals surface area contributed by atoms with E-state index in [4.69, 9.17) is 4.74 Å². The minimum Gasteiger partial charge on any atom is -0.389 e. The summed E-state index contributed by atoms with van der Waals surface area (Å²) in [6.07, 6.45) is 6.01. The number of fused-ring (bicyclic) bond motifs is 2. The lowest BCUT2D eigenvalue weighted by molar-refractivity contribution is 0.0361. The number of nitrogens with one attached hydrogen (secondary N) is 1. The largest absolute Gasteiger partial charge is 0.389 e. The average molecular weight is 310 g/mol. The van der Waals surface area contributed by atoms with Gasteiger partial charge in [0, 0.05) is 23.9 Å². The third-order valence-corrected chi connectivity index (χ3v) is 5.98. The van der Waals surface area contributed by atoms with Gasteiger partial charge >= 0.3 is 0 Å². The summed E-state index contributed by atoms with van der Waals surface area (Å²) in [5, 5.41) is 13.5. The van der Waals surface area contributed by atoms with Crippen LogP contribution in [0.5, 0.6) is 0 Å². The quantitative estimate of drug-likeness (QED) is 0.723. The number of aryl methyl sites for hydroxylation is 1. The molecule has 4 atom stereocenters. The maximum atomic E-state index is 9.99. The maximum absolute atomic E-state index is 9.99. The molecule has 2 fully saturated rings. The Morgan fingerprint density at radius 3 is 3.05 bits per heavy atom. The first-order valence-corrected chi connectivity index (χ1v) is 8.98. The summed E-state index contributed by atoms with van der Waals surface area (Å²) in [6.45, 7) is 3.77. The van der Waals surface area contributed by atoms with E-state index in [1.165, 1.54) is 30.6 Å². The molecule has 0 amide bonds. The molecule has 2 N–H and O–H groups in total. The Bertz CT molecular complexity index is 451. The highest BCUT2D eigenvalue weighted by Gasteiger charge is 2.39. The number of hydrogen-bond donors (Lipinski definition) is 2. The summed E-state index contributed by atoms with van der Waals surface area (Å²) in [6, 6.07) is 0.637. The fourth-order valence-corrected chi connectivity index (χ4v) is 4.55. The van der Waals surface area contributed by atoms with Crippen molar-refractivity contribution in [3.05, 3.63) is 16.1 Å². The molecule has 4 unspecified atom stereocenters. The van der Waals surface area contributed by atoms with E-state index in [9.17, 15) is 5.11 Å². The predicted molar refractivity (Wildman–Crippen MR) is 84.6 cm³/mol. The highest BCUT2D eigenvalue weighted by molar-refractivity contribution is 7.09. The molecule has 21 heavy (non-hydrogen) atoms. The fourth-order valence-electron chi connectivity index (χ4n) is 3.79. The van der Waals surface area contributed by atoms with Crippen molar-refractivity contribution in [2.24, 2.45) is 11.8 Å². The van der Waals surface area contributed by atoms with E-state index in [-0.39, 0.29) is 0 Å². The van der Waals surface area contributed by atoms with Gasteiger partial charge in [-0.1, -0.05) is 6.42 Å². The Kier molecular flexibility index (Phi) is 5.27. The van der Waals surface area contributed by atoms with Gasteiger partial charge in [-0.25, -0.2) is 4.98 Å². The molecule has 2 aliphatic rings. The van der Waals surface area contributed by atoms with Crippen molar-refractivity contribution in [2.45, 2.75) is 51.2 Å². The van der Waals surface area contributed by atoms with Gasteiger partial charge in [-0.2, -0.15) is 0 Å². The standard InChI is InChI=1S/C16H26N2O2S/c1-11-16(21-10-18-11)4-5-20-9-14(19)8-17-15-7-12-2-3-13(15)6-12/h10,12-15,17,19H,2-9H2,1H3. The van der Waals surface area contributed by atoms with Crippen LogP contribution in [0, 0.1) is 18.8 Å². The molecular weight excluding hydrogens is 284 g/mol. The molecule has 0 spiro atoms. The van der Waals surface area contributed by atoms with E-state index in [0.29, 0.717) is 25.8 Å². The predicted octanol–water partition coefficient (Wildman–Crippen LogP) is 2.15. The van der Waals surface area contributed by atoms with Gasteiger partial charge in [-0.3, -0.25) is 0 Å². The molecule has 2 bridgehead atoms. The summed E-state index contributed by atoms with van der Waals surface area (Å²) < 4.78 is 5.59. The molecule has 5 heteroatoms. The van der Waals surface area contributed by atoms with Gasteiger partial charge in [0.05, 0.1) is 30.5 Å². The van der Waals surface area contributed by atoms with Crippen LogP contribution in [-0.2, 0) is 11.2 Å². The molecule has 2 saturated carbocycles. The summed E-state index contributed by atoms with van der Waals surface area (Å²) >= 11 is 1.68. The highest BCUT2D eigenvalue weighted by atomic mass is 32.1. The number of aliphatic hydroxyl groups is 1. The Morgan fingerprint density at radius 1 is 1.48 bits per heavy atom. The number of nitrogens with zero attached hydrogens (tertiary/aromatic N) is 1. The third kappa shape index (κ3) is 4.03. The first kappa shape index (κ1) is 15.4. The zero-order valence-corrected chi connectivity index (χ0v) is 13.6. The Morgan fingerprint density at radius 2 is 2.38 bits per heavy atom. The van der Waals surface area contributed by atoms with Crippen molar-refractivity contribution in [2.75, 3.05) is 19.8 Å². The monoisotopic (exact) mass is 310 g/mol. The first-order valence-electron chi connectivity index (χ1n) is 8.10. The number of thiazole rings is 1. The van der Waals surface area contributed by atoms with Gasteiger partial charge < -0.3 is 15.2 Å². The zero-order valence-electron chi connectivity index (χ0n) is 12.8. The molecule has 1 aromatic heterocycles. The van der Waals surface area contributed by atoms with Gasteiger partial charge in [0.25, 0.3) is 0 Å². The van der Waals surface area contributed by atoms with Crippen LogP contribution in [0.1, 0.15) is 36.3 Å². The lowest BCUT2D eigenvalue weighted by Gasteiger charge is -2.24. The van der Waals surface area contributed by atoms with Gasteiger partial charge in [-0.15, -0.1) is 11.3 Å². The normalized spacial score (nSPS) is 29.1. The highest BCUT2D eigenvalue weighted by Crippen LogP contribution is 2.44. The van der Waals surface area contributed by atoms with Crippen LogP contribution in [0.15, 0.2) is 5.51 Å². The minimum atomic E-state index is -0.397. The van der Waals surface area contributed by atoms with E-state index >= 15 is 0 Å². The molecule has 1 heterocycles. The third-order valence-electron chi connectivity index (χ3n) is 4.98. The summed E-state index contributed by atoms with van der Waals surface area (Å²) in [5.74, 6) is 1.81. The summed E-state index contributed by atoms with van der Waals surface area (Å²) in [4.78, 5) is 5.51. The lowest BCUT2D eigenvalue weighted by Crippen LogP contribution is -2.40. The van der Waals surface area contributed by atoms with E-state index in [2.05, 4.69) is 10.3 Å². The van der Waals surface area contributed by atoms with Crippen molar-refractivity contribution in [3.63, 3.8) is 0 Å². The smallest absolute Gasteiger partial charge is 0.0897 e. The molecule has 1 aromatic rings. The van der Waals surface area contributed by atoms with Crippen LogP contribution in [0.2, 0.25) is 0 Å². The second-order valence-corrected chi connectivity index (χ2v) is 7.47. The summed E-state index contributed by atoms with van der Waals surface area (Å²) in [5.41, 5.74) is 2.97. The summed E-state index contributed by atoms with van der Waals surface area (Å²) in [7, 11) is 0. The molecule has 3 rings (SSSR count). The molecular formula is C16H26N2O2S. The number of aromatic nitrogens is 1. The Labute approximate surface area is 130 Å². The van der Waals surface area contributed by atoms with Crippen molar-refractivity contribution in [3.8, 4) is 0 Å². The van der Waals surface area contributed by atoms with Crippen LogP contribution >= 0.6 is 11.3 Å². The van der Waals surface area contributed by atoms with Crippen LogP contribution in [-0.4, -0.2) is 42.0 Å². The second-order valence-electron chi connectivity index (χ2n) is 6.53. The van der Waals surface area contributed by atoms with Crippen molar-refractivity contribution in [1.82, 2.24) is 10.3 Å². The lowest BCUT2D eigenvalue weighted by atomic mass is 9.95. The van der Waals surface area contributed by atoms with E-state index in [0.717, 1.165) is 24.0 Å². The topological polar surface area (TPSA) is 54.4 Å². The molecule has 2 aliphatic carbocycles. The van der Waals surface area contributed by atoms with Crippen LogP contribution in [0.25, 0.3) is 0 Å². The minimum absolute atomic E-state index is 0.397. The molecule has 0 saturated heterocycles. The Hall–Kier alpha value is -0.490. The van der Waals surface area contributed by atoms with Crippen LogP contribution in [0.3, 0.4) is 0 Å². The Balaban J connectivity index is 1.26. The van der Waals surface area contributed by atoms with Gasteiger partial charge in [0.15, 0.2) is 0 Å². The van der Waals surface area contributed by atoms with Gasteiger partial charge in [0.1, 0.15) is 0 Å². The maximum Gasteiger partial charge on any atom is 0.0897 e. The van der Waals surface area contributed by atoms with Gasteiger partial charge in [-0.05, 0) is 38.0 Å². The van der Waals surface area contributed by atoms with Crippen LogP contribution in [0.4, 0.5) is 0 Å². The second kappa shape index (κ2) is 7.18.